The van der Waals surface area contributed by atoms with Crippen LogP contribution in [-0.4, -0.2) is 17.9 Å². The molecule has 0 heterocycles. The number of rotatable bonds is 5. The summed E-state index contributed by atoms with van der Waals surface area (Å²) in [7, 11) is 0. The average Bonchev–Trinajstić information content (AvgIpc) is 2.67. The molecule has 0 spiro atoms. The first-order valence-electron chi connectivity index (χ1n) is 10.5. The highest BCUT2D eigenvalue weighted by Crippen LogP contribution is 2.61. The van der Waals surface area contributed by atoms with Crippen molar-refractivity contribution < 1.29 is 9.59 Å². The molecule has 1 atom stereocenters. The minimum atomic E-state index is -0.446. The molecule has 0 saturated heterocycles. The fourth-order valence-corrected chi connectivity index (χ4v) is 6.20. The molecule has 4 aliphatic carbocycles. The summed E-state index contributed by atoms with van der Waals surface area (Å²) in [6.45, 7) is 2.07. The second kappa shape index (κ2) is 7.55. The third kappa shape index (κ3) is 3.74. The summed E-state index contributed by atoms with van der Waals surface area (Å²) in [4.78, 5) is 25.0. The van der Waals surface area contributed by atoms with Gasteiger partial charge >= 0.3 is 0 Å². The van der Waals surface area contributed by atoms with Crippen molar-refractivity contribution >= 4 is 17.5 Å². The molecular formula is C23H28N4O2. The van der Waals surface area contributed by atoms with Gasteiger partial charge in [0.1, 0.15) is 11.6 Å². The largest absolute Gasteiger partial charge is 0.398 e. The van der Waals surface area contributed by atoms with Crippen LogP contribution in [0.3, 0.4) is 0 Å². The number of para-hydroxylation sites is 1. The Hall–Kier alpha value is -2.81. The molecule has 4 saturated carbocycles. The van der Waals surface area contributed by atoms with Crippen LogP contribution in [0.25, 0.3) is 0 Å². The Balaban J connectivity index is 1.41. The summed E-state index contributed by atoms with van der Waals surface area (Å²) < 4.78 is 0. The number of nitrogens with zero attached hydrogens (tertiary/aromatic N) is 1. The molecule has 152 valence electrons. The van der Waals surface area contributed by atoms with E-state index in [2.05, 4.69) is 17.6 Å². The molecule has 4 fully saturated rings. The number of carbonyl (C=O) groups excluding carboxylic acids is 2. The molecule has 1 aromatic rings. The molecule has 2 amide bonds. The highest BCUT2D eigenvalue weighted by molar-refractivity contribution is 6.01. The van der Waals surface area contributed by atoms with Gasteiger partial charge in [0, 0.05) is 17.9 Å². The van der Waals surface area contributed by atoms with Crippen molar-refractivity contribution in [1.29, 1.82) is 5.26 Å². The van der Waals surface area contributed by atoms with Crippen LogP contribution in [0, 0.1) is 34.5 Å². The molecule has 4 bridgehead atoms. The summed E-state index contributed by atoms with van der Waals surface area (Å²) in [6, 6.07) is 8.59. The smallest absolute Gasteiger partial charge is 0.263 e. The van der Waals surface area contributed by atoms with E-state index in [1.165, 1.54) is 44.7 Å². The van der Waals surface area contributed by atoms with Crippen molar-refractivity contribution in [2.75, 3.05) is 5.73 Å². The minimum Gasteiger partial charge on any atom is -0.398 e. The van der Waals surface area contributed by atoms with Gasteiger partial charge in [-0.25, -0.2) is 0 Å². The van der Waals surface area contributed by atoms with Crippen molar-refractivity contribution in [3.63, 3.8) is 0 Å². The van der Waals surface area contributed by atoms with E-state index >= 15 is 0 Å². The van der Waals surface area contributed by atoms with Gasteiger partial charge in [-0.1, -0.05) is 12.1 Å². The lowest BCUT2D eigenvalue weighted by Gasteiger charge is -2.59. The van der Waals surface area contributed by atoms with Crippen LogP contribution in [0.5, 0.6) is 0 Å². The van der Waals surface area contributed by atoms with E-state index in [4.69, 9.17) is 5.73 Å². The van der Waals surface area contributed by atoms with Gasteiger partial charge in [-0.3, -0.25) is 9.59 Å². The molecule has 0 aliphatic heterocycles. The molecular weight excluding hydrogens is 364 g/mol. The number of carbonyl (C=O) groups is 2. The minimum absolute atomic E-state index is 0.0145. The maximum absolute atomic E-state index is 12.7. The fraction of sp³-hybridized carbons (Fsp3) is 0.522. The van der Waals surface area contributed by atoms with Crippen molar-refractivity contribution in [3.8, 4) is 6.07 Å². The van der Waals surface area contributed by atoms with Crippen LogP contribution in [-0.2, 0) is 4.79 Å². The van der Waals surface area contributed by atoms with Crippen molar-refractivity contribution in [2.45, 2.75) is 51.5 Å². The molecule has 4 N–H and O–H groups in total. The third-order valence-electron chi connectivity index (χ3n) is 7.27. The number of hydrogen-bond acceptors (Lipinski definition) is 4. The first-order valence-corrected chi connectivity index (χ1v) is 10.5. The zero-order valence-corrected chi connectivity index (χ0v) is 16.8. The average molecular weight is 393 g/mol. The molecule has 4 aliphatic rings. The van der Waals surface area contributed by atoms with Gasteiger partial charge in [0.25, 0.3) is 11.8 Å². The lowest BCUT2D eigenvalue weighted by atomic mass is 9.48. The van der Waals surface area contributed by atoms with Gasteiger partial charge in [0.2, 0.25) is 0 Å². The predicted molar refractivity (Wildman–Crippen MR) is 110 cm³/mol. The predicted octanol–water partition coefficient (Wildman–Crippen LogP) is 3.13. The number of hydrogen-bond donors (Lipinski definition) is 3. The summed E-state index contributed by atoms with van der Waals surface area (Å²) >= 11 is 0. The van der Waals surface area contributed by atoms with Gasteiger partial charge < -0.3 is 16.4 Å². The van der Waals surface area contributed by atoms with E-state index in [9.17, 15) is 14.9 Å². The molecule has 5 rings (SSSR count). The zero-order chi connectivity index (χ0) is 20.6. The van der Waals surface area contributed by atoms with E-state index in [0.29, 0.717) is 11.3 Å². The normalized spacial score (nSPS) is 31.0. The number of nitriles is 1. The summed E-state index contributed by atoms with van der Waals surface area (Å²) in [6.07, 6.45) is 8.74. The van der Waals surface area contributed by atoms with Crippen molar-refractivity contribution in [2.24, 2.45) is 23.2 Å². The van der Waals surface area contributed by atoms with Gasteiger partial charge in [-0.05, 0) is 80.8 Å². The van der Waals surface area contributed by atoms with Crippen molar-refractivity contribution in [3.05, 3.63) is 41.6 Å². The number of nitrogens with one attached hydrogen (secondary N) is 2. The van der Waals surface area contributed by atoms with Gasteiger partial charge in [0.05, 0.1) is 5.56 Å². The second-order valence-electron chi connectivity index (χ2n) is 9.21. The van der Waals surface area contributed by atoms with Crippen LogP contribution in [0.2, 0.25) is 0 Å². The summed E-state index contributed by atoms with van der Waals surface area (Å²) in [5, 5.41) is 15.0. The van der Waals surface area contributed by atoms with Crippen LogP contribution < -0.4 is 16.4 Å². The Labute approximate surface area is 171 Å². The summed E-state index contributed by atoms with van der Waals surface area (Å²) in [5.41, 5.74) is 6.51. The molecule has 6 heteroatoms. The highest BCUT2D eigenvalue weighted by Gasteiger charge is 2.53. The molecule has 6 nitrogen and oxygen atoms in total. The van der Waals surface area contributed by atoms with E-state index in [1.807, 2.05) is 6.07 Å². The van der Waals surface area contributed by atoms with Crippen LogP contribution in [0.15, 0.2) is 36.0 Å². The molecule has 29 heavy (non-hydrogen) atoms. The van der Waals surface area contributed by atoms with Crippen LogP contribution in [0.4, 0.5) is 5.69 Å². The van der Waals surface area contributed by atoms with E-state index in [-0.39, 0.29) is 17.0 Å². The lowest BCUT2D eigenvalue weighted by molar-refractivity contribution is -0.122. The maximum atomic E-state index is 12.7. The Kier molecular flexibility index (Phi) is 5.08. The second-order valence-corrected chi connectivity index (χ2v) is 9.21. The van der Waals surface area contributed by atoms with Crippen LogP contribution in [0.1, 0.15) is 55.8 Å². The van der Waals surface area contributed by atoms with Crippen molar-refractivity contribution in [1.82, 2.24) is 10.6 Å². The standard InChI is InChI=1S/C23H28N4O2/c1-14(23-9-15-6-16(10-23)8-17(7-15)11-23)27-21(28)18(12-24)13-26-22(29)19-4-2-3-5-20(19)25/h2-5,13-17H,6-11,25H2,1H3,(H,26,29)(H,27,28)/b18-13-. The summed E-state index contributed by atoms with van der Waals surface area (Å²) in [5.74, 6) is 1.50. The topological polar surface area (TPSA) is 108 Å². The first-order chi connectivity index (χ1) is 13.9. The molecule has 1 aromatic carbocycles. The fourth-order valence-electron chi connectivity index (χ4n) is 6.20. The number of nitrogen functional groups attached to an aromatic ring is 1. The van der Waals surface area contributed by atoms with Gasteiger partial charge in [-0.15, -0.1) is 0 Å². The Bertz CT molecular complexity index is 863. The van der Waals surface area contributed by atoms with Crippen LogP contribution >= 0.6 is 0 Å². The Morgan fingerprint density at radius 2 is 1.76 bits per heavy atom. The lowest BCUT2D eigenvalue weighted by Crippen LogP contribution is -2.56. The number of anilines is 1. The quantitative estimate of drug-likeness (QED) is 0.406. The molecule has 1 unspecified atom stereocenters. The monoisotopic (exact) mass is 392 g/mol. The van der Waals surface area contributed by atoms with Gasteiger partial charge in [0.15, 0.2) is 0 Å². The Morgan fingerprint density at radius 3 is 2.31 bits per heavy atom. The van der Waals surface area contributed by atoms with Gasteiger partial charge in [-0.2, -0.15) is 5.26 Å². The molecule has 0 aromatic heterocycles. The number of benzene rings is 1. The SMILES string of the molecule is CC(NC(=O)/C(C#N)=C\NC(=O)c1ccccc1N)C12CC3CC(CC(C3)C1)C2. The molecule has 0 radical (unpaired) electrons. The highest BCUT2D eigenvalue weighted by atomic mass is 16.2. The van der Waals surface area contributed by atoms with E-state index in [0.717, 1.165) is 17.8 Å². The van der Waals surface area contributed by atoms with E-state index in [1.54, 1.807) is 24.3 Å². The zero-order valence-electron chi connectivity index (χ0n) is 16.8. The third-order valence-corrected chi connectivity index (χ3v) is 7.27. The number of amides is 2. The Morgan fingerprint density at radius 1 is 1.17 bits per heavy atom. The number of nitrogens with two attached hydrogens (primary N) is 1. The maximum Gasteiger partial charge on any atom is 0.263 e. The van der Waals surface area contributed by atoms with E-state index < -0.39 is 11.8 Å². The first kappa shape index (κ1) is 19.5.